The number of carboxylic acids is 1. The Kier molecular flexibility index (Phi) is 7.70. The van der Waals surface area contributed by atoms with E-state index in [-0.39, 0.29) is 23.0 Å². The number of carboxylic acid groups (broad SMARTS) is 1. The Balaban J connectivity index is 1.50. The molecule has 212 valence electrons. The van der Waals surface area contributed by atoms with Gasteiger partial charge in [0.25, 0.3) is 17.7 Å². The fourth-order valence-electron chi connectivity index (χ4n) is 4.52. The van der Waals surface area contributed by atoms with Crippen LogP contribution in [0.5, 0.6) is 11.5 Å². The predicted molar refractivity (Wildman–Crippen MR) is 145 cm³/mol. The van der Waals surface area contributed by atoms with E-state index in [1.165, 1.54) is 28.2 Å². The zero-order valence-electron chi connectivity index (χ0n) is 21.3. The van der Waals surface area contributed by atoms with Crippen molar-refractivity contribution >= 4 is 47.2 Å². The molecule has 1 aromatic heterocycles. The van der Waals surface area contributed by atoms with E-state index in [1.807, 2.05) is 0 Å². The molecule has 2 aliphatic heterocycles. The summed E-state index contributed by atoms with van der Waals surface area (Å²) in [5, 5.41) is 41.0. The van der Waals surface area contributed by atoms with Crippen LogP contribution in [0, 0.1) is 0 Å². The molecule has 2 aliphatic rings. The maximum absolute atomic E-state index is 13.8. The van der Waals surface area contributed by atoms with Gasteiger partial charge in [-0.1, -0.05) is 42.1 Å². The molecule has 3 aromatic rings. The number of imide groups is 1. The third-order valence-corrected chi connectivity index (χ3v) is 8.97. The number of phenols is 2. The third kappa shape index (κ3) is 5.12. The lowest BCUT2D eigenvalue weighted by atomic mass is 9.97. The lowest BCUT2D eigenvalue weighted by Gasteiger charge is -2.52. The number of nitrogens with zero attached hydrogens (tertiary/aromatic N) is 6. The summed E-state index contributed by atoms with van der Waals surface area (Å²) in [6.45, 7) is 0. The van der Waals surface area contributed by atoms with Crippen LogP contribution in [0.1, 0.15) is 22.0 Å². The fourth-order valence-corrected chi connectivity index (χ4v) is 6.89. The minimum absolute atomic E-state index is 0.182. The number of hydrogen-bond acceptors (Lipinski definition) is 12. The third-order valence-electron chi connectivity index (χ3n) is 6.55. The van der Waals surface area contributed by atoms with Gasteiger partial charge in [-0.25, -0.2) is 9.48 Å². The summed E-state index contributed by atoms with van der Waals surface area (Å²) in [7, 11) is 1.64. The quantitative estimate of drug-likeness (QED) is 0.161. The Hall–Kier alpha value is -4.41. The first-order valence-electron chi connectivity index (χ1n) is 12.0. The number of rotatable bonds is 8. The van der Waals surface area contributed by atoms with Crippen LogP contribution < -0.4 is 5.73 Å². The normalized spacial score (nSPS) is 18.9. The van der Waals surface area contributed by atoms with Crippen LogP contribution in [0.25, 0.3) is 0 Å². The number of fused-ring (bicyclic) bond motifs is 1. The van der Waals surface area contributed by atoms with Crippen LogP contribution in [0.15, 0.2) is 65.0 Å². The van der Waals surface area contributed by atoms with Gasteiger partial charge in [0.05, 0.1) is 5.56 Å². The molecule has 3 heterocycles. The number of tetrazole rings is 1. The topological polar surface area (TPSA) is 205 Å². The summed E-state index contributed by atoms with van der Waals surface area (Å²) in [6, 6.07) is 8.64. The summed E-state index contributed by atoms with van der Waals surface area (Å²) < 4.78 is 1.43. The minimum Gasteiger partial charge on any atom is -0.508 e. The number of aromatic hydroxyl groups is 2. The minimum atomic E-state index is -1.41. The van der Waals surface area contributed by atoms with Gasteiger partial charge in [0.15, 0.2) is 0 Å². The van der Waals surface area contributed by atoms with E-state index in [2.05, 4.69) is 15.5 Å². The number of amides is 3. The van der Waals surface area contributed by atoms with Crippen molar-refractivity contribution < 1.29 is 34.5 Å². The van der Waals surface area contributed by atoms with E-state index < -0.39 is 52.5 Å². The van der Waals surface area contributed by atoms with Crippen molar-refractivity contribution in [2.24, 2.45) is 12.8 Å². The monoisotopic (exact) mass is 597 g/mol. The van der Waals surface area contributed by atoms with E-state index in [0.717, 1.165) is 23.1 Å². The number of benzene rings is 2. The smallest absolute Gasteiger partial charge is 0.352 e. The molecule has 1 fully saturated rings. The molecular weight excluding hydrogens is 574 g/mol. The molecule has 14 nitrogen and oxygen atoms in total. The zero-order chi connectivity index (χ0) is 29.4. The predicted octanol–water partition coefficient (Wildman–Crippen LogP) is 0.705. The molecular formula is C25H23N7O7S2. The number of carbonyl (C=O) groups is 4. The highest BCUT2D eigenvalue weighted by molar-refractivity contribution is 8.01. The average molecular weight is 598 g/mol. The van der Waals surface area contributed by atoms with Crippen LogP contribution in [-0.2, 0) is 21.4 Å². The number of aryl methyl sites for hydroxylation is 1. The highest BCUT2D eigenvalue weighted by atomic mass is 32.2. The maximum Gasteiger partial charge on any atom is 0.352 e. The number of thioether (sulfide) groups is 2. The summed E-state index contributed by atoms with van der Waals surface area (Å²) in [5.41, 5.74) is 6.38. The molecule has 41 heavy (non-hydrogen) atoms. The van der Waals surface area contributed by atoms with Crippen molar-refractivity contribution in [1.29, 1.82) is 0 Å². The molecule has 16 heteroatoms. The number of aliphatic carboxylic acids is 1. The molecule has 0 radical (unpaired) electrons. The maximum atomic E-state index is 13.8. The first kappa shape index (κ1) is 28.1. The van der Waals surface area contributed by atoms with Crippen LogP contribution in [-0.4, -0.2) is 91.9 Å². The zero-order valence-corrected chi connectivity index (χ0v) is 22.9. The molecule has 0 saturated carbocycles. The van der Waals surface area contributed by atoms with Crippen LogP contribution >= 0.6 is 23.5 Å². The molecule has 0 aliphatic carbocycles. The summed E-state index contributed by atoms with van der Waals surface area (Å²) in [5.74, 6) is -4.65. The lowest BCUT2D eigenvalue weighted by Crippen LogP contribution is -2.72. The summed E-state index contributed by atoms with van der Waals surface area (Å²) in [6.07, 6.45) is 0. The molecule has 2 aromatic carbocycles. The number of nitrogens with two attached hydrogens (primary N) is 1. The second-order valence-electron chi connectivity index (χ2n) is 9.09. The Labute approximate surface area is 240 Å². The molecule has 5 N–H and O–H groups in total. The number of aromatic nitrogens is 4. The number of phenolic OH excluding ortho intramolecular Hbond substituents is 2. The Morgan fingerprint density at radius 2 is 1.93 bits per heavy atom. The van der Waals surface area contributed by atoms with Crippen LogP contribution in [0.3, 0.4) is 0 Å². The van der Waals surface area contributed by atoms with Gasteiger partial charge in [-0.3, -0.25) is 24.2 Å². The van der Waals surface area contributed by atoms with E-state index in [9.17, 15) is 34.5 Å². The Morgan fingerprint density at radius 3 is 2.59 bits per heavy atom. The lowest BCUT2D eigenvalue weighted by molar-refractivity contribution is -0.157. The molecule has 3 atom stereocenters. The van der Waals surface area contributed by atoms with Crippen molar-refractivity contribution in [3.63, 3.8) is 0 Å². The van der Waals surface area contributed by atoms with Crippen LogP contribution in [0.4, 0.5) is 0 Å². The van der Waals surface area contributed by atoms with Gasteiger partial charge in [-0.05, 0) is 39.8 Å². The Morgan fingerprint density at radius 1 is 1.20 bits per heavy atom. The highest BCUT2D eigenvalue weighted by Crippen LogP contribution is 2.44. The van der Waals surface area contributed by atoms with E-state index in [1.54, 1.807) is 37.4 Å². The second-order valence-corrected chi connectivity index (χ2v) is 11.1. The van der Waals surface area contributed by atoms with E-state index in [4.69, 9.17) is 5.73 Å². The second kappa shape index (κ2) is 11.2. The van der Waals surface area contributed by atoms with Gasteiger partial charge in [-0.2, -0.15) is 0 Å². The van der Waals surface area contributed by atoms with Crippen molar-refractivity contribution in [1.82, 2.24) is 30.0 Å². The molecule has 0 spiro atoms. The highest BCUT2D eigenvalue weighted by Gasteiger charge is 2.59. The van der Waals surface area contributed by atoms with Crippen molar-refractivity contribution in [2.75, 3.05) is 11.5 Å². The van der Waals surface area contributed by atoms with Gasteiger partial charge in [0, 0.05) is 18.6 Å². The van der Waals surface area contributed by atoms with Gasteiger partial charge in [0.2, 0.25) is 5.16 Å². The first-order valence-corrected chi connectivity index (χ1v) is 14.1. The van der Waals surface area contributed by atoms with Gasteiger partial charge >= 0.3 is 5.97 Å². The number of hydrogen-bond donors (Lipinski definition) is 4. The molecule has 0 bridgehead atoms. The van der Waals surface area contributed by atoms with Crippen molar-refractivity contribution in [3.8, 4) is 11.5 Å². The van der Waals surface area contributed by atoms with E-state index in [0.29, 0.717) is 21.2 Å². The number of carbonyl (C=O) groups excluding carboxylic acids is 3. The van der Waals surface area contributed by atoms with Crippen molar-refractivity contribution in [3.05, 3.63) is 70.9 Å². The average Bonchev–Trinajstić information content (AvgIpc) is 3.38. The standard InChI is InChI=1S/C25H23N7O7S2/c1-30-25(27-28-29-30)41-11-13-10-40-23-19(22(37)32(23)18(13)24(38)39)31(20(35)15-9-14(33)7-8-16(15)34)21(36)17(26)12-5-3-2-4-6-12/h2-9,17,19,23,33-34H,10-11,26H2,1H3,(H,38,39)/t17-,19?,23-/m1/s1. The van der Waals surface area contributed by atoms with Gasteiger partial charge < -0.3 is 21.1 Å². The molecule has 1 saturated heterocycles. The summed E-state index contributed by atoms with van der Waals surface area (Å²) >= 11 is 2.38. The SMILES string of the molecule is Cn1nnnc1SCC1=C(C(=O)O)N2C(=O)C(N(C(=O)c3cc(O)ccc3O)C(=O)[C@H](N)c3ccccc3)[C@H]2SC1. The van der Waals surface area contributed by atoms with Crippen LogP contribution in [0.2, 0.25) is 0 Å². The number of β-lactam (4-membered cyclic amide) rings is 1. The fraction of sp³-hybridized carbons (Fsp3) is 0.240. The van der Waals surface area contributed by atoms with Crippen molar-refractivity contribution in [2.45, 2.75) is 22.6 Å². The molecule has 5 rings (SSSR count). The largest absolute Gasteiger partial charge is 0.508 e. The first-order chi connectivity index (χ1) is 19.6. The molecule has 1 unspecified atom stereocenters. The van der Waals surface area contributed by atoms with E-state index >= 15 is 0 Å². The van der Waals surface area contributed by atoms with Gasteiger partial charge in [0.1, 0.15) is 34.7 Å². The molecule has 3 amide bonds. The van der Waals surface area contributed by atoms with Gasteiger partial charge in [-0.15, -0.1) is 16.9 Å². The summed E-state index contributed by atoms with van der Waals surface area (Å²) in [4.78, 5) is 55.1. The Bertz CT molecular complexity index is 1580.